The monoisotopic (exact) mass is 267 g/mol. The molecule has 0 aliphatic rings. The minimum Gasteiger partial charge on any atom is -0.491 e. The first kappa shape index (κ1) is 14.0. The Labute approximate surface area is 118 Å². The summed E-state index contributed by atoms with van der Waals surface area (Å²) >= 11 is 0. The number of rotatable bonds is 5. The van der Waals surface area contributed by atoms with Crippen molar-refractivity contribution in [2.24, 2.45) is 0 Å². The van der Waals surface area contributed by atoms with E-state index in [0.29, 0.717) is 5.69 Å². The van der Waals surface area contributed by atoms with Crippen LogP contribution in [0.3, 0.4) is 0 Å². The van der Waals surface area contributed by atoms with Crippen LogP contribution in [0.15, 0.2) is 54.7 Å². The maximum atomic E-state index is 11.9. The van der Waals surface area contributed by atoms with Gasteiger partial charge in [0.2, 0.25) is 5.78 Å². The Kier molecular flexibility index (Phi) is 4.66. The number of carbonyl (C=O) groups is 1. The molecule has 3 heteroatoms. The second kappa shape index (κ2) is 6.66. The van der Waals surface area contributed by atoms with Gasteiger partial charge in [0.25, 0.3) is 0 Å². The van der Waals surface area contributed by atoms with Gasteiger partial charge in [0.05, 0.1) is 6.10 Å². The third kappa shape index (κ3) is 4.05. The molecule has 0 saturated heterocycles. The van der Waals surface area contributed by atoms with Crippen LogP contribution in [-0.4, -0.2) is 16.9 Å². The highest BCUT2D eigenvalue weighted by atomic mass is 16.5. The summed E-state index contributed by atoms with van der Waals surface area (Å²) in [5, 5.41) is 0. The number of nitrogens with zero attached hydrogens (tertiary/aromatic N) is 1. The SMILES string of the molecule is CC(C)Oc1ccc(/C=C/C(=O)c2ccccn2)cc1. The van der Waals surface area contributed by atoms with Crippen LogP contribution in [0.2, 0.25) is 0 Å². The molecule has 1 heterocycles. The number of hydrogen-bond donors (Lipinski definition) is 0. The van der Waals surface area contributed by atoms with E-state index in [4.69, 9.17) is 4.74 Å². The summed E-state index contributed by atoms with van der Waals surface area (Å²) in [6.07, 6.45) is 5.07. The first-order valence-electron chi connectivity index (χ1n) is 6.55. The number of pyridine rings is 1. The zero-order chi connectivity index (χ0) is 14.4. The summed E-state index contributed by atoms with van der Waals surface area (Å²) in [6, 6.07) is 12.9. The third-order valence-electron chi connectivity index (χ3n) is 2.60. The lowest BCUT2D eigenvalue weighted by molar-refractivity contribution is 0.104. The van der Waals surface area contributed by atoms with Gasteiger partial charge in [-0.2, -0.15) is 0 Å². The molecule has 1 aromatic carbocycles. The van der Waals surface area contributed by atoms with Gasteiger partial charge in [-0.25, -0.2) is 0 Å². The summed E-state index contributed by atoms with van der Waals surface area (Å²) in [7, 11) is 0. The fraction of sp³-hybridized carbons (Fsp3) is 0.176. The highest BCUT2D eigenvalue weighted by Crippen LogP contribution is 2.14. The molecule has 0 fully saturated rings. The molecule has 0 amide bonds. The standard InChI is InChI=1S/C17H17NO2/c1-13(2)20-15-9-6-14(7-10-15)8-11-17(19)16-5-3-4-12-18-16/h3-13H,1-2H3/b11-8+. The zero-order valence-electron chi connectivity index (χ0n) is 11.6. The topological polar surface area (TPSA) is 39.2 Å². The summed E-state index contributed by atoms with van der Waals surface area (Å²) in [4.78, 5) is 15.9. The number of aromatic nitrogens is 1. The van der Waals surface area contributed by atoms with Crippen LogP contribution in [-0.2, 0) is 0 Å². The van der Waals surface area contributed by atoms with E-state index >= 15 is 0 Å². The van der Waals surface area contributed by atoms with Crippen LogP contribution in [0.4, 0.5) is 0 Å². The van der Waals surface area contributed by atoms with E-state index in [1.54, 1.807) is 30.5 Å². The number of hydrogen-bond acceptors (Lipinski definition) is 3. The smallest absolute Gasteiger partial charge is 0.204 e. The summed E-state index contributed by atoms with van der Waals surface area (Å²) in [6.45, 7) is 3.97. The Bertz CT molecular complexity index is 586. The van der Waals surface area contributed by atoms with Gasteiger partial charge in [-0.3, -0.25) is 9.78 Å². The molecule has 3 nitrogen and oxygen atoms in total. The molecular weight excluding hydrogens is 250 g/mol. The second-order valence-electron chi connectivity index (χ2n) is 4.65. The summed E-state index contributed by atoms with van der Waals surface area (Å²) < 4.78 is 5.56. The van der Waals surface area contributed by atoms with E-state index < -0.39 is 0 Å². The van der Waals surface area contributed by atoms with Crippen molar-refractivity contribution >= 4 is 11.9 Å². The van der Waals surface area contributed by atoms with E-state index in [2.05, 4.69) is 4.98 Å². The molecule has 0 saturated carbocycles. The van der Waals surface area contributed by atoms with Crippen LogP contribution in [0.25, 0.3) is 6.08 Å². The molecule has 0 atom stereocenters. The van der Waals surface area contributed by atoms with Crippen molar-refractivity contribution in [2.75, 3.05) is 0 Å². The van der Waals surface area contributed by atoms with Gasteiger partial charge in [0, 0.05) is 6.20 Å². The van der Waals surface area contributed by atoms with E-state index in [9.17, 15) is 4.79 Å². The molecule has 0 bridgehead atoms. The molecule has 1 aromatic heterocycles. The van der Waals surface area contributed by atoms with Crippen LogP contribution >= 0.6 is 0 Å². The average molecular weight is 267 g/mol. The molecule has 0 radical (unpaired) electrons. The first-order valence-corrected chi connectivity index (χ1v) is 6.55. The number of allylic oxidation sites excluding steroid dienone is 1. The van der Waals surface area contributed by atoms with Crippen LogP contribution < -0.4 is 4.74 Å². The number of ether oxygens (including phenoxy) is 1. The van der Waals surface area contributed by atoms with Crippen molar-refractivity contribution in [3.8, 4) is 5.75 Å². The maximum absolute atomic E-state index is 11.9. The van der Waals surface area contributed by atoms with Crippen LogP contribution in [0, 0.1) is 0 Å². The summed E-state index contributed by atoms with van der Waals surface area (Å²) in [5.41, 5.74) is 1.40. The molecule has 0 N–H and O–H groups in total. The highest BCUT2D eigenvalue weighted by molar-refractivity contribution is 6.05. The van der Waals surface area contributed by atoms with Gasteiger partial charge >= 0.3 is 0 Å². The van der Waals surface area contributed by atoms with E-state index in [1.165, 1.54) is 6.08 Å². The quantitative estimate of drug-likeness (QED) is 0.611. The molecule has 0 aliphatic carbocycles. The lowest BCUT2D eigenvalue weighted by atomic mass is 10.1. The van der Waals surface area contributed by atoms with Crippen LogP contribution in [0.5, 0.6) is 5.75 Å². The Morgan fingerprint density at radius 1 is 1.15 bits per heavy atom. The second-order valence-corrected chi connectivity index (χ2v) is 4.65. The van der Waals surface area contributed by atoms with Crippen LogP contribution in [0.1, 0.15) is 29.9 Å². The number of ketones is 1. The third-order valence-corrected chi connectivity index (χ3v) is 2.60. The molecule has 2 aromatic rings. The van der Waals surface area contributed by atoms with Crippen molar-refractivity contribution in [3.05, 3.63) is 66.0 Å². The molecule has 20 heavy (non-hydrogen) atoms. The van der Waals surface area contributed by atoms with Gasteiger partial charge in [0.15, 0.2) is 0 Å². The van der Waals surface area contributed by atoms with Crippen molar-refractivity contribution in [2.45, 2.75) is 20.0 Å². The molecule has 0 spiro atoms. The van der Waals surface area contributed by atoms with Crippen molar-refractivity contribution in [1.82, 2.24) is 4.98 Å². The van der Waals surface area contributed by atoms with E-state index in [-0.39, 0.29) is 11.9 Å². The number of benzene rings is 1. The lowest BCUT2D eigenvalue weighted by Gasteiger charge is -2.09. The lowest BCUT2D eigenvalue weighted by Crippen LogP contribution is -2.05. The normalized spacial score (nSPS) is 10.9. The Hall–Kier alpha value is -2.42. The van der Waals surface area contributed by atoms with Crippen molar-refractivity contribution < 1.29 is 9.53 Å². The van der Waals surface area contributed by atoms with Crippen molar-refractivity contribution in [3.63, 3.8) is 0 Å². The van der Waals surface area contributed by atoms with E-state index in [0.717, 1.165) is 11.3 Å². The van der Waals surface area contributed by atoms with Gasteiger partial charge in [-0.1, -0.05) is 24.3 Å². The maximum Gasteiger partial charge on any atom is 0.204 e. The average Bonchev–Trinajstić information content (AvgIpc) is 2.46. The number of carbonyl (C=O) groups excluding carboxylic acids is 1. The van der Waals surface area contributed by atoms with Gasteiger partial charge in [-0.05, 0) is 49.8 Å². The summed E-state index contributed by atoms with van der Waals surface area (Å²) in [5.74, 6) is 0.723. The predicted octanol–water partition coefficient (Wildman–Crippen LogP) is 3.76. The minimum absolute atomic E-state index is 0.104. The molecule has 102 valence electrons. The molecular formula is C17H17NO2. The highest BCUT2D eigenvalue weighted by Gasteiger charge is 2.01. The van der Waals surface area contributed by atoms with Gasteiger partial charge < -0.3 is 4.74 Å². The Morgan fingerprint density at radius 2 is 1.90 bits per heavy atom. The zero-order valence-corrected chi connectivity index (χ0v) is 11.6. The van der Waals surface area contributed by atoms with E-state index in [1.807, 2.05) is 38.1 Å². The largest absolute Gasteiger partial charge is 0.491 e. The fourth-order valence-corrected chi connectivity index (χ4v) is 1.70. The van der Waals surface area contributed by atoms with Crippen molar-refractivity contribution in [1.29, 1.82) is 0 Å². The predicted molar refractivity (Wildman–Crippen MR) is 79.8 cm³/mol. The fourth-order valence-electron chi connectivity index (χ4n) is 1.70. The Balaban J connectivity index is 2.03. The molecule has 0 unspecified atom stereocenters. The minimum atomic E-state index is -0.104. The van der Waals surface area contributed by atoms with Gasteiger partial charge in [0.1, 0.15) is 11.4 Å². The van der Waals surface area contributed by atoms with Gasteiger partial charge in [-0.15, -0.1) is 0 Å². The Morgan fingerprint density at radius 3 is 2.50 bits per heavy atom. The molecule has 0 aliphatic heterocycles. The molecule has 2 rings (SSSR count). The first-order chi connectivity index (χ1) is 9.65.